The number of hydrogen-bond donors (Lipinski definition) is 1. The molecule has 0 amide bonds. The lowest BCUT2D eigenvalue weighted by molar-refractivity contribution is 0.384. The van der Waals surface area contributed by atoms with Crippen LogP contribution in [0.5, 0.6) is 0 Å². The van der Waals surface area contributed by atoms with Crippen molar-refractivity contribution < 1.29 is 8.78 Å². The van der Waals surface area contributed by atoms with Crippen LogP contribution in [-0.4, -0.2) is 13.1 Å². The van der Waals surface area contributed by atoms with Gasteiger partial charge < -0.3 is 5.32 Å². The number of halogens is 3. The molecule has 2 unspecified atom stereocenters. The predicted octanol–water partition coefficient (Wildman–Crippen LogP) is 4.48. The zero-order valence-electron chi connectivity index (χ0n) is 11.5. The molecule has 4 heteroatoms. The zero-order valence-corrected chi connectivity index (χ0v) is 12.2. The first-order chi connectivity index (χ1) is 10.2. The van der Waals surface area contributed by atoms with Crippen LogP contribution in [0.25, 0.3) is 0 Å². The molecule has 1 nitrogen and oxygen atoms in total. The first-order valence-electron chi connectivity index (χ1n) is 7.07. The van der Waals surface area contributed by atoms with E-state index < -0.39 is 0 Å². The van der Waals surface area contributed by atoms with Crippen molar-refractivity contribution in [1.82, 2.24) is 5.32 Å². The Bertz CT molecular complexity index is 644. The molecule has 1 saturated heterocycles. The van der Waals surface area contributed by atoms with Gasteiger partial charge in [0.2, 0.25) is 0 Å². The lowest BCUT2D eigenvalue weighted by Crippen LogP contribution is -2.34. The Kier molecular flexibility index (Phi) is 4.22. The van der Waals surface area contributed by atoms with E-state index >= 15 is 0 Å². The Morgan fingerprint density at radius 1 is 0.952 bits per heavy atom. The van der Waals surface area contributed by atoms with E-state index in [0.717, 1.165) is 13.0 Å². The molecular weight excluding hydrogens is 292 g/mol. The van der Waals surface area contributed by atoms with Gasteiger partial charge in [0.05, 0.1) is 5.02 Å². The maximum absolute atomic E-state index is 14.3. The normalized spacial score (nSPS) is 22.2. The number of benzene rings is 2. The molecule has 0 bridgehead atoms. The molecule has 1 aliphatic heterocycles. The summed E-state index contributed by atoms with van der Waals surface area (Å²) < 4.78 is 28.4. The van der Waals surface area contributed by atoms with Gasteiger partial charge in [-0.2, -0.15) is 0 Å². The van der Waals surface area contributed by atoms with Gasteiger partial charge in [-0.25, -0.2) is 8.78 Å². The average Bonchev–Trinajstić information content (AvgIpc) is 2.51. The summed E-state index contributed by atoms with van der Waals surface area (Å²) in [5, 5.41) is 3.40. The minimum absolute atomic E-state index is 0.0677. The van der Waals surface area contributed by atoms with Gasteiger partial charge >= 0.3 is 0 Å². The van der Waals surface area contributed by atoms with Gasteiger partial charge in [-0.05, 0) is 42.1 Å². The Morgan fingerprint density at radius 2 is 1.71 bits per heavy atom. The third-order valence-corrected chi connectivity index (χ3v) is 4.46. The molecule has 1 N–H and O–H groups in total. The summed E-state index contributed by atoms with van der Waals surface area (Å²) in [4.78, 5) is 0. The second kappa shape index (κ2) is 6.12. The molecule has 2 aromatic rings. The highest BCUT2D eigenvalue weighted by atomic mass is 35.5. The molecule has 110 valence electrons. The first-order valence-corrected chi connectivity index (χ1v) is 7.45. The van der Waals surface area contributed by atoms with Crippen molar-refractivity contribution in [1.29, 1.82) is 0 Å². The van der Waals surface area contributed by atoms with Crippen LogP contribution in [0.15, 0.2) is 42.5 Å². The van der Waals surface area contributed by atoms with Crippen LogP contribution in [0.1, 0.15) is 29.4 Å². The van der Waals surface area contributed by atoms with Crippen LogP contribution in [0.4, 0.5) is 8.78 Å². The predicted molar refractivity (Wildman–Crippen MR) is 80.8 cm³/mol. The summed E-state index contributed by atoms with van der Waals surface area (Å²) >= 11 is 5.89. The molecular formula is C17H16ClF2N. The summed E-state index contributed by atoms with van der Waals surface area (Å²) in [6, 6.07) is 11.8. The molecule has 3 rings (SSSR count). The topological polar surface area (TPSA) is 12.0 Å². The molecule has 1 heterocycles. The van der Waals surface area contributed by atoms with Gasteiger partial charge in [-0.3, -0.25) is 0 Å². The number of rotatable bonds is 2. The van der Waals surface area contributed by atoms with Crippen LogP contribution < -0.4 is 5.32 Å². The molecule has 2 atom stereocenters. The van der Waals surface area contributed by atoms with E-state index in [1.54, 1.807) is 30.3 Å². The minimum atomic E-state index is -0.382. The van der Waals surface area contributed by atoms with Crippen molar-refractivity contribution in [2.24, 2.45) is 0 Å². The van der Waals surface area contributed by atoms with E-state index in [4.69, 9.17) is 11.6 Å². The van der Waals surface area contributed by atoms with Crippen molar-refractivity contribution in [2.75, 3.05) is 13.1 Å². The monoisotopic (exact) mass is 307 g/mol. The maximum Gasteiger partial charge on any atom is 0.145 e. The van der Waals surface area contributed by atoms with Crippen molar-refractivity contribution in [2.45, 2.75) is 18.3 Å². The number of nitrogens with one attached hydrogen (secondary N) is 1. The van der Waals surface area contributed by atoms with Crippen molar-refractivity contribution in [3.8, 4) is 0 Å². The van der Waals surface area contributed by atoms with E-state index in [9.17, 15) is 8.78 Å². The maximum atomic E-state index is 14.3. The Labute approximate surface area is 127 Å². The van der Waals surface area contributed by atoms with Gasteiger partial charge in [-0.15, -0.1) is 0 Å². The fourth-order valence-electron chi connectivity index (χ4n) is 3.14. The highest BCUT2D eigenvalue weighted by molar-refractivity contribution is 6.30. The molecule has 2 aromatic carbocycles. The van der Waals surface area contributed by atoms with Gasteiger partial charge in [0.25, 0.3) is 0 Å². The van der Waals surface area contributed by atoms with E-state index in [1.165, 1.54) is 6.07 Å². The molecule has 0 radical (unpaired) electrons. The van der Waals surface area contributed by atoms with E-state index in [0.29, 0.717) is 17.7 Å². The fraction of sp³-hybridized carbons (Fsp3) is 0.294. The van der Waals surface area contributed by atoms with Gasteiger partial charge in [0.1, 0.15) is 11.6 Å². The van der Waals surface area contributed by atoms with Gasteiger partial charge in [0.15, 0.2) is 0 Å². The molecule has 0 spiro atoms. The van der Waals surface area contributed by atoms with Crippen LogP contribution in [0, 0.1) is 11.6 Å². The van der Waals surface area contributed by atoms with E-state index in [-0.39, 0.29) is 28.5 Å². The van der Waals surface area contributed by atoms with Crippen LogP contribution in [0.3, 0.4) is 0 Å². The van der Waals surface area contributed by atoms with Gasteiger partial charge in [-0.1, -0.05) is 41.9 Å². The zero-order chi connectivity index (χ0) is 14.8. The van der Waals surface area contributed by atoms with Crippen molar-refractivity contribution >= 4 is 11.6 Å². The number of piperidine rings is 1. The molecule has 1 fully saturated rings. The largest absolute Gasteiger partial charge is 0.316 e. The Balaban J connectivity index is 2.03. The number of hydrogen-bond acceptors (Lipinski definition) is 1. The summed E-state index contributed by atoms with van der Waals surface area (Å²) in [5.74, 6) is -0.777. The van der Waals surface area contributed by atoms with E-state index in [1.807, 2.05) is 6.07 Å². The third kappa shape index (κ3) is 2.81. The molecule has 0 saturated carbocycles. The summed E-state index contributed by atoms with van der Waals surface area (Å²) in [6.45, 7) is 1.43. The second-order valence-corrected chi connectivity index (χ2v) is 5.78. The average molecular weight is 308 g/mol. The summed E-state index contributed by atoms with van der Waals surface area (Å²) in [7, 11) is 0. The van der Waals surface area contributed by atoms with Crippen LogP contribution >= 0.6 is 11.6 Å². The molecule has 1 aliphatic rings. The lowest BCUT2D eigenvalue weighted by Gasteiger charge is -2.33. The Morgan fingerprint density at radius 3 is 2.52 bits per heavy atom. The lowest BCUT2D eigenvalue weighted by atomic mass is 9.77. The van der Waals surface area contributed by atoms with Crippen molar-refractivity contribution in [3.05, 3.63) is 70.2 Å². The SMILES string of the molecule is Fc1ccccc1C1CNCCC1c1cccc(Cl)c1F. The van der Waals surface area contributed by atoms with Crippen LogP contribution in [-0.2, 0) is 0 Å². The van der Waals surface area contributed by atoms with E-state index in [2.05, 4.69) is 5.32 Å². The fourth-order valence-corrected chi connectivity index (χ4v) is 3.32. The standard InChI is InChI=1S/C17H16ClF2N/c18-15-6-3-5-13(17(15)20)11-8-9-21-10-14(11)12-4-1-2-7-16(12)19/h1-7,11,14,21H,8-10H2. The highest BCUT2D eigenvalue weighted by Gasteiger charge is 2.31. The summed E-state index contributed by atoms with van der Waals surface area (Å²) in [6.07, 6.45) is 0.760. The molecule has 0 aliphatic carbocycles. The summed E-state index contributed by atoms with van der Waals surface area (Å²) in [5.41, 5.74) is 1.21. The molecule has 0 aromatic heterocycles. The third-order valence-electron chi connectivity index (χ3n) is 4.17. The minimum Gasteiger partial charge on any atom is -0.316 e. The highest BCUT2D eigenvalue weighted by Crippen LogP contribution is 2.40. The smallest absolute Gasteiger partial charge is 0.145 e. The van der Waals surface area contributed by atoms with Crippen molar-refractivity contribution in [3.63, 3.8) is 0 Å². The first kappa shape index (κ1) is 14.5. The van der Waals surface area contributed by atoms with Crippen LogP contribution in [0.2, 0.25) is 5.02 Å². The van der Waals surface area contributed by atoms with Gasteiger partial charge in [0, 0.05) is 12.5 Å². The second-order valence-electron chi connectivity index (χ2n) is 5.37. The Hall–Kier alpha value is -1.45. The quantitative estimate of drug-likeness (QED) is 0.862. The molecule has 21 heavy (non-hydrogen) atoms.